The lowest BCUT2D eigenvalue weighted by Gasteiger charge is -2.20. The van der Waals surface area contributed by atoms with Crippen molar-refractivity contribution in [3.63, 3.8) is 0 Å². The van der Waals surface area contributed by atoms with E-state index in [0.29, 0.717) is 6.54 Å². The lowest BCUT2D eigenvalue weighted by atomic mass is 10.1. The van der Waals surface area contributed by atoms with Gasteiger partial charge in [-0.05, 0) is 33.7 Å². The number of likely N-dealkylation sites (N-methyl/N-ethyl adjacent to an activating group) is 1. The van der Waals surface area contributed by atoms with Crippen LogP contribution in [0.1, 0.15) is 29.9 Å². The van der Waals surface area contributed by atoms with Gasteiger partial charge >= 0.3 is 0 Å². The number of aliphatic hydroxyl groups is 1. The number of hydrogen-bond donors (Lipinski definition) is 1. The number of hydrogen-bond acceptors (Lipinski definition) is 4. The van der Waals surface area contributed by atoms with Gasteiger partial charge in [0.05, 0.1) is 11.8 Å². The highest BCUT2D eigenvalue weighted by Gasteiger charge is 2.13. The Labute approximate surface area is 103 Å². The number of nitrogens with zero attached hydrogens (tertiary/aromatic N) is 2. The summed E-state index contributed by atoms with van der Waals surface area (Å²) in [6.07, 6.45) is 3.13. The molecule has 0 aliphatic carbocycles. The minimum absolute atomic E-state index is 0.307. The van der Waals surface area contributed by atoms with E-state index in [9.17, 15) is 5.11 Å². The highest BCUT2D eigenvalue weighted by molar-refractivity contribution is 5.20. The average Bonchev–Trinajstić information content (AvgIpc) is 2.58. The van der Waals surface area contributed by atoms with Crippen LogP contribution < -0.4 is 0 Å². The molecule has 0 spiro atoms. The van der Waals surface area contributed by atoms with Crippen LogP contribution in [0.15, 0.2) is 17.2 Å². The Balaban J connectivity index is 2.44. The molecule has 1 unspecified atom stereocenters. The number of aliphatic hydroxyl groups excluding tert-OH is 1. The van der Waals surface area contributed by atoms with Crippen molar-refractivity contribution < 1.29 is 9.63 Å². The summed E-state index contributed by atoms with van der Waals surface area (Å²) in [5.74, 6) is 0.856. The fourth-order valence-corrected chi connectivity index (χ4v) is 1.82. The van der Waals surface area contributed by atoms with Gasteiger partial charge in [0.15, 0.2) is 0 Å². The third kappa shape index (κ3) is 4.32. The Hall–Kier alpha value is -1.13. The van der Waals surface area contributed by atoms with E-state index in [4.69, 9.17) is 4.52 Å². The van der Waals surface area contributed by atoms with E-state index < -0.39 is 0 Å². The standard InChI is InChI=1S/C13H22N2O2/c1-5-6-7-12(16)8-15(4)9-13-10(2)14-17-11(13)3/h5,12,16H,1,6-9H2,2-4H3. The molecular formula is C13H22N2O2. The minimum atomic E-state index is -0.307. The van der Waals surface area contributed by atoms with Gasteiger partial charge in [-0.25, -0.2) is 0 Å². The van der Waals surface area contributed by atoms with Gasteiger partial charge in [-0.15, -0.1) is 6.58 Å². The maximum Gasteiger partial charge on any atom is 0.138 e. The van der Waals surface area contributed by atoms with Crippen LogP contribution in [0.3, 0.4) is 0 Å². The van der Waals surface area contributed by atoms with Crippen molar-refractivity contribution in [1.29, 1.82) is 0 Å². The molecule has 1 aromatic rings. The predicted molar refractivity (Wildman–Crippen MR) is 67.7 cm³/mol. The number of aryl methyl sites for hydroxylation is 2. The first-order chi connectivity index (χ1) is 8.04. The molecule has 0 aliphatic heterocycles. The molecule has 1 atom stereocenters. The zero-order valence-corrected chi connectivity index (χ0v) is 10.9. The molecule has 0 radical (unpaired) electrons. The molecule has 0 fully saturated rings. The summed E-state index contributed by atoms with van der Waals surface area (Å²) in [5, 5.41) is 13.7. The molecule has 17 heavy (non-hydrogen) atoms. The van der Waals surface area contributed by atoms with E-state index in [0.717, 1.165) is 36.4 Å². The average molecular weight is 238 g/mol. The first kappa shape index (κ1) is 13.9. The summed E-state index contributed by atoms with van der Waals surface area (Å²) < 4.78 is 5.11. The van der Waals surface area contributed by atoms with Gasteiger partial charge in [-0.2, -0.15) is 0 Å². The SMILES string of the molecule is C=CCCC(O)CN(C)Cc1c(C)noc1C. The Bertz CT molecular complexity index is 341. The van der Waals surface area contributed by atoms with E-state index in [2.05, 4.69) is 16.6 Å². The highest BCUT2D eigenvalue weighted by atomic mass is 16.5. The van der Waals surface area contributed by atoms with E-state index in [1.807, 2.05) is 27.0 Å². The summed E-state index contributed by atoms with van der Waals surface area (Å²) in [6.45, 7) is 8.91. The van der Waals surface area contributed by atoms with E-state index in [1.54, 1.807) is 0 Å². The molecule has 4 nitrogen and oxygen atoms in total. The third-order valence-corrected chi connectivity index (χ3v) is 2.84. The molecule has 1 aromatic heterocycles. The first-order valence-corrected chi connectivity index (χ1v) is 5.93. The molecule has 0 amide bonds. The third-order valence-electron chi connectivity index (χ3n) is 2.84. The van der Waals surface area contributed by atoms with Crippen LogP contribution in [0.5, 0.6) is 0 Å². The van der Waals surface area contributed by atoms with Crippen LogP contribution in [0, 0.1) is 13.8 Å². The lowest BCUT2D eigenvalue weighted by Crippen LogP contribution is -2.29. The Morgan fingerprint density at radius 3 is 2.76 bits per heavy atom. The van der Waals surface area contributed by atoms with Crippen molar-refractivity contribution >= 4 is 0 Å². The second-order valence-corrected chi connectivity index (χ2v) is 4.52. The van der Waals surface area contributed by atoms with Gasteiger partial charge in [0.25, 0.3) is 0 Å². The van der Waals surface area contributed by atoms with Gasteiger partial charge in [0, 0.05) is 18.7 Å². The second kappa shape index (κ2) is 6.57. The van der Waals surface area contributed by atoms with Crippen LogP contribution in [0.2, 0.25) is 0 Å². The summed E-state index contributed by atoms with van der Waals surface area (Å²) in [7, 11) is 1.99. The van der Waals surface area contributed by atoms with Crippen molar-refractivity contribution in [2.45, 2.75) is 39.3 Å². The summed E-state index contributed by atoms with van der Waals surface area (Å²) >= 11 is 0. The number of aromatic nitrogens is 1. The van der Waals surface area contributed by atoms with E-state index in [-0.39, 0.29) is 6.10 Å². The van der Waals surface area contributed by atoms with Crippen LogP contribution in [-0.4, -0.2) is 34.9 Å². The summed E-state index contributed by atoms with van der Waals surface area (Å²) in [5.41, 5.74) is 2.04. The fourth-order valence-electron chi connectivity index (χ4n) is 1.82. The number of rotatable bonds is 7. The van der Waals surface area contributed by atoms with Crippen molar-refractivity contribution in [2.24, 2.45) is 0 Å². The van der Waals surface area contributed by atoms with E-state index in [1.165, 1.54) is 0 Å². The summed E-state index contributed by atoms with van der Waals surface area (Å²) in [6, 6.07) is 0. The maximum atomic E-state index is 9.79. The second-order valence-electron chi connectivity index (χ2n) is 4.52. The molecule has 96 valence electrons. The first-order valence-electron chi connectivity index (χ1n) is 5.93. The molecule has 0 saturated heterocycles. The molecule has 0 bridgehead atoms. The molecule has 1 N–H and O–H groups in total. The zero-order valence-electron chi connectivity index (χ0n) is 10.9. The molecule has 4 heteroatoms. The van der Waals surface area contributed by atoms with Crippen LogP contribution in [0.25, 0.3) is 0 Å². The Morgan fingerprint density at radius 1 is 1.53 bits per heavy atom. The normalized spacial score (nSPS) is 13.0. The van der Waals surface area contributed by atoms with Gasteiger partial charge < -0.3 is 9.63 Å². The van der Waals surface area contributed by atoms with Gasteiger partial charge in [-0.1, -0.05) is 11.2 Å². The van der Waals surface area contributed by atoms with Gasteiger partial charge in [0.2, 0.25) is 0 Å². The van der Waals surface area contributed by atoms with Crippen molar-refractivity contribution in [1.82, 2.24) is 10.1 Å². The van der Waals surface area contributed by atoms with Crippen molar-refractivity contribution in [3.8, 4) is 0 Å². The van der Waals surface area contributed by atoms with Crippen LogP contribution >= 0.6 is 0 Å². The zero-order chi connectivity index (χ0) is 12.8. The molecule has 0 aromatic carbocycles. The monoisotopic (exact) mass is 238 g/mol. The Morgan fingerprint density at radius 2 is 2.24 bits per heavy atom. The Kier molecular flexibility index (Phi) is 5.38. The lowest BCUT2D eigenvalue weighted by molar-refractivity contribution is 0.115. The van der Waals surface area contributed by atoms with Crippen LogP contribution in [-0.2, 0) is 6.54 Å². The molecular weight excluding hydrogens is 216 g/mol. The maximum absolute atomic E-state index is 9.79. The predicted octanol–water partition coefficient (Wildman–Crippen LogP) is 2.05. The summed E-state index contributed by atoms with van der Waals surface area (Å²) in [4.78, 5) is 2.08. The molecule has 1 heterocycles. The largest absolute Gasteiger partial charge is 0.392 e. The fraction of sp³-hybridized carbons (Fsp3) is 0.615. The van der Waals surface area contributed by atoms with Gasteiger partial charge in [-0.3, -0.25) is 4.90 Å². The van der Waals surface area contributed by atoms with Gasteiger partial charge in [0.1, 0.15) is 5.76 Å². The highest BCUT2D eigenvalue weighted by Crippen LogP contribution is 2.14. The smallest absolute Gasteiger partial charge is 0.138 e. The minimum Gasteiger partial charge on any atom is -0.392 e. The van der Waals surface area contributed by atoms with Crippen molar-refractivity contribution in [2.75, 3.05) is 13.6 Å². The van der Waals surface area contributed by atoms with E-state index >= 15 is 0 Å². The molecule has 0 aliphatic rings. The van der Waals surface area contributed by atoms with Crippen molar-refractivity contribution in [3.05, 3.63) is 29.7 Å². The topological polar surface area (TPSA) is 49.5 Å². The quantitative estimate of drug-likeness (QED) is 0.739. The van der Waals surface area contributed by atoms with Crippen LogP contribution in [0.4, 0.5) is 0 Å². The molecule has 0 saturated carbocycles. The number of allylic oxidation sites excluding steroid dienone is 1. The molecule has 1 rings (SSSR count).